The Labute approximate surface area is 120 Å². The fourth-order valence-corrected chi connectivity index (χ4v) is 3.01. The summed E-state index contributed by atoms with van der Waals surface area (Å²) in [5.74, 6) is -0.754. The van der Waals surface area contributed by atoms with Gasteiger partial charge in [0.2, 0.25) is 0 Å². The molecule has 5 nitrogen and oxygen atoms in total. The van der Waals surface area contributed by atoms with Crippen LogP contribution in [0.5, 0.6) is 5.75 Å². The van der Waals surface area contributed by atoms with Gasteiger partial charge in [-0.1, -0.05) is 11.6 Å². The molecule has 0 saturated heterocycles. The van der Waals surface area contributed by atoms with Crippen molar-refractivity contribution in [2.24, 2.45) is 0 Å². The van der Waals surface area contributed by atoms with Crippen molar-refractivity contribution in [3.8, 4) is 5.75 Å². The normalized spacial score (nSPS) is 17.2. The van der Waals surface area contributed by atoms with Gasteiger partial charge >= 0.3 is 5.97 Å². The summed E-state index contributed by atoms with van der Waals surface area (Å²) in [5.41, 5.74) is 2.53. The van der Waals surface area contributed by atoms with Crippen LogP contribution in [0.15, 0.2) is 12.3 Å². The van der Waals surface area contributed by atoms with Gasteiger partial charge in [-0.3, -0.25) is 4.98 Å². The van der Waals surface area contributed by atoms with E-state index in [9.17, 15) is 9.90 Å². The molecule has 20 heavy (non-hydrogen) atoms. The van der Waals surface area contributed by atoms with Gasteiger partial charge in [-0.2, -0.15) is 0 Å². The van der Waals surface area contributed by atoms with Crippen LogP contribution in [-0.2, 0) is 6.54 Å². The lowest BCUT2D eigenvalue weighted by Gasteiger charge is -2.13. The molecule has 2 N–H and O–H groups in total. The van der Waals surface area contributed by atoms with Crippen molar-refractivity contribution in [1.29, 1.82) is 0 Å². The van der Waals surface area contributed by atoms with Crippen molar-refractivity contribution < 1.29 is 14.6 Å². The number of nitrogens with zero attached hydrogens (tertiary/aromatic N) is 1. The Morgan fingerprint density at radius 1 is 1.60 bits per heavy atom. The summed E-state index contributed by atoms with van der Waals surface area (Å²) in [6.07, 6.45) is 1.71. The van der Waals surface area contributed by atoms with Crippen molar-refractivity contribution in [2.75, 3.05) is 7.11 Å². The van der Waals surface area contributed by atoms with Gasteiger partial charge in [0.15, 0.2) is 0 Å². The number of aromatic carboxylic acids is 1. The highest BCUT2D eigenvalue weighted by molar-refractivity contribution is 6.36. The van der Waals surface area contributed by atoms with Gasteiger partial charge in [0.05, 0.1) is 17.6 Å². The number of fused-ring (bicyclic) bond motifs is 3. The zero-order chi connectivity index (χ0) is 14.4. The first-order chi connectivity index (χ1) is 9.54. The second-order valence-corrected chi connectivity index (χ2v) is 5.15. The third kappa shape index (κ3) is 1.74. The van der Waals surface area contributed by atoms with Gasteiger partial charge in [-0.05, 0) is 24.1 Å². The lowest BCUT2D eigenvalue weighted by molar-refractivity contribution is 0.0698. The topological polar surface area (TPSA) is 71.5 Å². The van der Waals surface area contributed by atoms with Gasteiger partial charge in [-0.15, -0.1) is 0 Å². The molecule has 104 valence electrons. The van der Waals surface area contributed by atoms with Crippen LogP contribution < -0.4 is 10.1 Å². The Balaban J connectivity index is 2.46. The van der Waals surface area contributed by atoms with Crippen molar-refractivity contribution in [3.05, 3.63) is 34.0 Å². The molecule has 2 heterocycles. The van der Waals surface area contributed by atoms with Crippen LogP contribution in [-0.4, -0.2) is 23.2 Å². The Kier molecular flexibility index (Phi) is 3.03. The number of carboxylic acid groups (broad SMARTS) is 1. The maximum absolute atomic E-state index is 11.5. The Bertz CT molecular complexity index is 730. The van der Waals surface area contributed by atoms with E-state index in [-0.39, 0.29) is 16.6 Å². The van der Waals surface area contributed by atoms with Crippen molar-refractivity contribution in [3.63, 3.8) is 0 Å². The zero-order valence-electron chi connectivity index (χ0n) is 11.0. The van der Waals surface area contributed by atoms with Crippen LogP contribution in [0, 0.1) is 0 Å². The van der Waals surface area contributed by atoms with Crippen molar-refractivity contribution in [2.45, 2.75) is 19.5 Å². The molecule has 0 radical (unpaired) electrons. The maximum Gasteiger partial charge on any atom is 0.339 e. The van der Waals surface area contributed by atoms with E-state index in [1.165, 1.54) is 7.11 Å². The lowest BCUT2D eigenvalue weighted by Crippen LogP contribution is -2.08. The molecule has 0 fully saturated rings. The summed E-state index contributed by atoms with van der Waals surface area (Å²) < 4.78 is 5.20. The van der Waals surface area contributed by atoms with Crippen LogP contribution >= 0.6 is 11.6 Å². The van der Waals surface area contributed by atoms with Crippen molar-refractivity contribution in [1.82, 2.24) is 10.3 Å². The summed E-state index contributed by atoms with van der Waals surface area (Å²) in [4.78, 5) is 15.8. The van der Waals surface area contributed by atoms with Gasteiger partial charge < -0.3 is 15.2 Å². The monoisotopic (exact) mass is 292 g/mol. The number of pyridine rings is 1. The first-order valence-electron chi connectivity index (χ1n) is 6.19. The molecule has 1 aliphatic heterocycles. The number of ether oxygens (including phenoxy) is 1. The molecule has 1 aliphatic rings. The molecule has 0 amide bonds. The summed E-state index contributed by atoms with van der Waals surface area (Å²) in [7, 11) is 1.47. The number of aromatic nitrogens is 1. The average Bonchev–Trinajstić information content (AvgIpc) is 2.79. The standard InChI is InChI=1S/C14H13ClN2O3/c1-6-10-7(4-16-6)5-17-13-8(10)3-9(20-2)12(15)11(13)14(18)19/h3,5-6,16H,4H2,1-2H3,(H,18,19)/t6-/m0/s1. The number of hydrogen-bond donors (Lipinski definition) is 2. The van der Waals surface area contributed by atoms with E-state index in [2.05, 4.69) is 10.3 Å². The van der Waals surface area contributed by atoms with E-state index in [1.807, 2.05) is 6.92 Å². The Hall–Kier alpha value is -1.85. The van der Waals surface area contributed by atoms with Gasteiger partial charge in [0.25, 0.3) is 0 Å². The SMILES string of the molecule is COc1cc2c3c(cnc2c(C(=O)O)c1Cl)CN[C@H]3C. The molecule has 2 aromatic rings. The highest BCUT2D eigenvalue weighted by Crippen LogP contribution is 2.39. The van der Waals surface area contributed by atoms with Crippen molar-refractivity contribution >= 4 is 28.5 Å². The molecule has 0 spiro atoms. The summed E-state index contributed by atoms with van der Waals surface area (Å²) in [6, 6.07) is 1.91. The number of rotatable bonds is 2. The van der Waals surface area contributed by atoms with E-state index in [0.29, 0.717) is 11.3 Å². The summed E-state index contributed by atoms with van der Waals surface area (Å²) in [6.45, 7) is 2.76. The van der Waals surface area contributed by atoms with E-state index in [4.69, 9.17) is 16.3 Å². The lowest BCUT2D eigenvalue weighted by atomic mass is 9.98. The van der Waals surface area contributed by atoms with E-state index >= 15 is 0 Å². The van der Waals surface area contributed by atoms with Crippen LogP contribution in [0.4, 0.5) is 0 Å². The number of benzene rings is 1. The smallest absolute Gasteiger partial charge is 0.339 e. The van der Waals surface area contributed by atoms with Gasteiger partial charge in [0.1, 0.15) is 11.3 Å². The van der Waals surface area contributed by atoms with Gasteiger partial charge in [-0.25, -0.2) is 4.79 Å². The number of hydrogen-bond acceptors (Lipinski definition) is 4. The molecule has 1 aromatic carbocycles. The molecule has 0 bridgehead atoms. The third-order valence-corrected chi connectivity index (χ3v) is 4.03. The minimum absolute atomic E-state index is 0.0112. The summed E-state index contributed by atoms with van der Waals surface area (Å²) in [5, 5.41) is 13.6. The van der Waals surface area contributed by atoms with E-state index < -0.39 is 5.97 Å². The molecule has 1 atom stereocenters. The number of carboxylic acids is 1. The average molecular weight is 293 g/mol. The molecule has 0 aliphatic carbocycles. The minimum atomic E-state index is -1.11. The molecular weight excluding hydrogens is 280 g/mol. The highest BCUT2D eigenvalue weighted by atomic mass is 35.5. The second kappa shape index (κ2) is 4.61. The van der Waals surface area contributed by atoms with Gasteiger partial charge in [0, 0.05) is 24.2 Å². The molecule has 0 saturated carbocycles. The first kappa shape index (κ1) is 13.1. The minimum Gasteiger partial charge on any atom is -0.495 e. The number of methoxy groups -OCH3 is 1. The van der Waals surface area contributed by atoms with Crippen LogP contribution in [0.3, 0.4) is 0 Å². The number of nitrogens with one attached hydrogen (secondary N) is 1. The maximum atomic E-state index is 11.5. The quantitative estimate of drug-likeness (QED) is 0.890. The number of carbonyl (C=O) groups is 1. The first-order valence-corrected chi connectivity index (χ1v) is 6.57. The van der Waals surface area contributed by atoms with Crippen LogP contribution in [0.1, 0.15) is 34.5 Å². The van der Waals surface area contributed by atoms with Crippen LogP contribution in [0.25, 0.3) is 10.9 Å². The van der Waals surface area contributed by atoms with E-state index in [1.54, 1.807) is 12.3 Å². The fourth-order valence-electron chi connectivity index (χ4n) is 2.71. The summed E-state index contributed by atoms with van der Waals surface area (Å²) >= 11 is 6.11. The Morgan fingerprint density at radius 2 is 2.35 bits per heavy atom. The second-order valence-electron chi connectivity index (χ2n) is 4.77. The molecular formula is C14H13ClN2O3. The van der Waals surface area contributed by atoms with E-state index in [0.717, 1.165) is 23.1 Å². The molecule has 0 unspecified atom stereocenters. The fraction of sp³-hybridized carbons (Fsp3) is 0.286. The highest BCUT2D eigenvalue weighted by Gasteiger charge is 2.26. The third-order valence-electron chi connectivity index (χ3n) is 3.65. The number of halogens is 1. The predicted octanol–water partition coefficient (Wildman–Crippen LogP) is 2.76. The molecule has 6 heteroatoms. The predicted molar refractivity (Wildman–Crippen MR) is 75.5 cm³/mol. The Morgan fingerprint density at radius 3 is 3.00 bits per heavy atom. The molecule has 3 rings (SSSR count). The largest absolute Gasteiger partial charge is 0.495 e. The van der Waals surface area contributed by atoms with Crippen LogP contribution in [0.2, 0.25) is 5.02 Å². The molecule has 1 aromatic heterocycles. The zero-order valence-corrected chi connectivity index (χ0v) is 11.8.